The average molecular weight is 347 g/mol. The molecule has 7 heteroatoms. The number of benzene rings is 1. The standard InChI is InChI=1S/C18H19F2N3O2/c19-14-7-6-11(9-15(14)20)23-16-5-1-4-13(16)17(21-23)18(25)22-8-2-3-12(24)10-22/h6-7,9,12,24H,1-5,8,10H2. The van der Waals surface area contributed by atoms with Crippen molar-refractivity contribution >= 4 is 5.91 Å². The van der Waals surface area contributed by atoms with E-state index in [4.69, 9.17) is 0 Å². The predicted octanol–water partition coefficient (Wildman–Crippen LogP) is 2.24. The molecule has 4 rings (SSSR count). The molecule has 0 saturated carbocycles. The van der Waals surface area contributed by atoms with Crippen LogP contribution in [-0.4, -0.2) is 44.9 Å². The molecule has 1 N–H and O–H groups in total. The Bertz CT molecular complexity index is 834. The summed E-state index contributed by atoms with van der Waals surface area (Å²) in [4.78, 5) is 14.5. The molecule has 0 bridgehead atoms. The highest BCUT2D eigenvalue weighted by molar-refractivity contribution is 5.94. The van der Waals surface area contributed by atoms with Gasteiger partial charge in [-0.2, -0.15) is 5.10 Å². The molecule has 0 spiro atoms. The van der Waals surface area contributed by atoms with E-state index in [1.165, 1.54) is 6.07 Å². The quantitative estimate of drug-likeness (QED) is 0.906. The molecule has 1 aromatic carbocycles. The number of β-amino-alcohol motifs (C(OH)–C–C–N with tert-alkyl or cyclic N) is 1. The molecule has 1 saturated heterocycles. The summed E-state index contributed by atoms with van der Waals surface area (Å²) < 4.78 is 28.4. The Kier molecular flexibility index (Phi) is 4.03. The predicted molar refractivity (Wildman–Crippen MR) is 86.6 cm³/mol. The Morgan fingerprint density at radius 1 is 1.20 bits per heavy atom. The van der Waals surface area contributed by atoms with Crippen molar-refractivity contribution in [1.82, 2.24) is 14.7 Å². The van der Waals surface area contributed by atoms with Crippen molar-refractivity contribution in [3.05, 3.63) is 46.8 Å². The Morgan fingerprint density at radius 3 is 2.80 bits per heavy atom. The average Bonchev–Trinajstić information content (AvgIpc) is 3.19. The second-order valence-corrected chi connectivity index (χ2v) is 6.68. The fourth-order valence-corrected chi connectivity index (χ4v) is 3.73. The number of fused-ring (bicyclic) bond motifs is 1. The zero-order valence-corrected chi connectivity index (χ0v) is 13.7. The van der Waals surface area contributed by atoms with Gasteiger partial charge in [-0.1, -0.05) is 0 Å². The second-order valence-electron chi connectivity index (χ2n) is 6.68. The number of nitrogens with zero attached hydrogens (tertiary/aromatic N) is 3. The van der Waals surface area contributed by atoms with Gasteiger partial charge in [0, 0.05) is 30.4 Å². The lowest BCUT2D eigenvalue weighted by molar-refractivity contribution is 0.0467. The number of piperidine rings is 1. The lowest BCUT2D eigenvalue weighted by atomic mass is 10.1. The molecule has 1 unspecified atom stereocenters. The maximum Gasteiger partial charge on any atom is 0.274 e. The highest BCUT2D eigenvalue weighted by Gasteiger charge is 2.31. The van der Waals surface area contributed by atoms with E-state index in [1.807, 2.05) is 0 Å². The monoisotopic (exact) mass is 347 g/mol. The molecule has 2 heterocycles. The van der Waals surface area contributed by atoms with Crippen molar-refractivity contribution in [3.63, 3.8) is 0 Å². The van der Waals surface area contributed by atoms with E-state index in [2.05, 4.69) is 5.10 Å². The van der Waals surface area contributed by atoms with Gasteiger partial charge in [0.05, 0.1) is 11.8 Å². The fourth-order valence-electron chi connectivity index (χ4n) is 3.73. The topological polar surface area (TPSA) is 58.4 Å². The first kappa shape index (κ1) is 16.2. The lowest BCUT2D eigenvalue weighted by Crippen LogP contribution is -2.42. The normalized spacial score (nSPS) is 20.0. The van der Waals surface area contributed by atoms with Crippen LogP contribution in [0, 0.1) is 11.6 Å². The summed E-state index contributed by atoms with van der Waals surface area (Å²) in [5.41, 5.74) is 2.54. The Morgan fingerprint density at radius 2 is 2.04 bits per heavy atom. The van der Waals surface area contributed by atoms with Gasteiger partial charge in [-0.25, -0.2) is 13.5 Å². The van der Waals surface area contributed by atoms with Crippen molar-refractivity contribution in [3.8, 4) is 5.69 Å². The highest BCUT2D eigenvalue weighted by Crippen LogP contribution is 2.29. The molecule has 2 aliphatic rings. The Hall–Kier alpha value is -2.28. The molecule has 5 nitrogen and oxygen atoms in total. The first-order valence-corrected chi connectivity index (χ1v) is 8.58. The largest absolute Gasteiger partial charge is 0.391 e. The van der Waals surface area contributed by atoms with Crippen molar-refractivity contribution in [1.29, 1.82) is 0 Å². The van der Waals surface area contributed by atoms with Crippen molar-refractivity contribution in [2.24, 2.45) is 0 Å². The zero-order chi connectivity index (χ0) is 17.6. The molecule has 132 valence electrons. The van der Waals surface area contributed by atoms with Gasteiger partial charge in [0.25, 0.3) is 5.91 Å². The van der Waals surface area contributed by atoms with Gasteiger partial charge in [-0.3, -0.25) is 4.79 Å². The Labute approximate surface area is 143 Å². The molecule has 1 fully saturated rings. The van der Waals surface area contributed by atoms with Gasteiger partial charge in [-0.05, 0) is 44.2 Å². The summed E-state index contributed by atoms with van der Waals surface area (Å²) >= 11 is 0. The molecule has 1 amide bonds. The minimum absolute atomic E-state index is 0.196. The minimum Gasteiger partial charge on any atom is -0.391 e. The van der Waals surface area contributed by atoms with Crippen molar-refractivity contribution in [2.45, 2.75) is 38.2 Å². The molecular weight excluding hydrogens is 328 g/mol. The van der Waals surface area contributed by atoms with Crippen LogP contribution in [0.3, 0.4) is 0 Å². The first-order chi connectivity index (χ1) is 12.0. The molecule has 2 aromatic rings. The van der Waals surface area contributed by atoms with Crippen LogP contribution in [-0.2, 0) is 12.8 Å². The van der Waals surface area contributed by atoms with E-state index in [1.54, 1.807) is 9.58 Å². The maximum absolute atomic E-state index is 13.6. The van der Waals surface area contributed by atoms with Gasteiger partial charge >= 0.3 is 0 Å². The van der Waals surface area contributed by atoms with Crippen LogP contribution in [0.1, 0.15) is 41.0 Å². The highest BCUT2D eigenvalue weighted by atomic mass is 19.2. The van der Waals surface area contributed by atoms with Crippen LogP contribution in [0.4, 0.5) is 8.78 Å². The van der Waals surface area contributed by atoms with Gasteiger partial charge in [0.15, 0.2) is 17.3 Å². The molecule has 1 aromatic heterocycles. The number of aliphatic hydroxyl groups excluding tert-OH is 1. The second kappa shape index (κ2) is 6.22. The van der Waals surface area contributed by atoms with Crippen molar-refractivity contribution in [2.75, 3.05) is 13.1 Å². The molecule has 25 heavy (non-hydrogen) atoms. The molecule has 1 aliphatic heterocycles. The van der Waals surface area contributed by atoms with Crippen LogP contribution in [0.5, 0.6) is 0 Å². The third kappa shape index (κ3) is 2.82. The van der Waals surface area contributed by atoms with Gasteiger partial charge in [0.1, 0.15) is 0 Å². The fraction of sp³-hybridized carbons (Fsp3) is 0.444. The van der Waals surface area contributed by atoms with E-state index in [-0.39, 0.29) is 5.91 Å². The third-order valence-electron chi connectivity index (χ3n) is 4.96. The van der Waals surface area contributed by atoms with Gasteiger partial charge in [0.2, 0.25) is 0 Å². The van der Waals surface area contributed by atoms with Crippen LogP contribution in [0.2, 0.25) is 0 Å². The van der Waals surface area contributed by atoms with Crippen LogP contribution >= 0.6 is 0 Å². The molecular formula is C18H19F2N3O2. The molecule has 1 atom stereocenters. The number of carbonyl (C=O) groups excluding carboxylic acids is 1. The summed E-state index contributed by atoms with van der Waals surface area (Å²) in [6, 6.07) is 3.62. The number of rotatable bonds is 2. The number of amides is 1. The van der Waals surface area contributed by atoms with E-state index in [9.17, 15) is 18.7 Å². The van der Waals surface area contributed by atoms with Crippen LogP contribution in [0.25, 0.3) is 5.69 Å². The maximum atomic E-state index is 13.6. The van der Waals surface area contributed by atoms with Gasteiger partial charge in [-0.15, -0.1) is 0 Å². The Balaban J connectivity index is 1.72. The third-order valence-corrected chi connectivity index (χ3v) is 4.96. The van der Waals surface area contributed by atoms with E-state index in [0.29, 0.717) is 30.9 Å². The van der Waals surface area contributed by atoms with E-state index >= 15 is 0 Å². The van der Waals surface area contributed by atoms with Crippen LogP contribution < -0.4 is 0 Å². The van der Waals surface area contributed by atoms with E-state index in [0.717, 1.165) is 49.1 Å². The van der Waals surface area contributed by atoms with Crippen LogP contribution in [0.15, 0.2) is 18.2 Å². The zero-order valence-electron chi connectivity index (χ0n) is 13.7. The number of halogens is 2. The number of hydrogen-bond donors (Lipinski definition) is 1. The minimum atomic E-state index is -0.938. The molecule has 0 radical (unpaired) electrons. The summed E-state index contributed by atoms with van der Waals surface area (Å²) in [6.45, 7) is 0.911. The summed E-state index contributed by atoms with van der Waals surface area (Å²) in [5, 5.41) is 14.2. The number of aromatic nitrogens is 2. The van der Waals surface area contributed by atoms with Gasteiger partial charge < -0.3 is 10.0 Å². The first-order valence-electron chi connectivity index (χ1n) is 8.58. The number of aliphatic hydroxyl groups is 1. The smallest absolute Gasteiger partial charge is 0.274 e. The SMILES string of the molecule is O=C(c1nn(-c2ccc(F)c(F)c2)c2c1CCC2)N1CCCC(O)C1. The number of likely N-dealkylation sites (tertiary alicyclic amines) is 1. The summed E-state index contributed by atoms with van der Waals surface area (Å²) in [5.74, 6) is -2.05. The summed E-state index contributed by atoms with van der Waals surface area (Å²) in [6.07, 6.45) is 3.36. The number of hydrogen-bond acceptors (Lipinski definition) is 3. The van der Waals surface area contributed by atoms with E-state index < -0.39 is 17.7 Å². The molecule has 1 aliphatic carbocycles. The number of carbonyl (C=O) groups is 1. The van der Waals surface area contributed by atoms with Crippen molar-refractivity contribution < 1.29 is 18.7 Å². The summed E-state index contributed by atoms with van der Waals surface area (Å²) in [7, 11) is 0. The lowest BCUT2D eigenvalue weighted by Gasteiger charge is -2.29.